The van der Waals surface area contributed by atoms with Crippen LogP contribution < -0.4 is 16.4 Å². The van der Waals surface area contributed by atoms with Gasteiger partial charge in [0.25, 0.3) is 0 Å². The van der Waals surface area contributed by atoms with Gasteiger partial charge in [0.2, 0.25) is 11.8 Å². The molecule has 0 aliphatic carbocycles. The van der Waals surface area contributed by atoms with E-state index < -0.39 is 90.7 Å². The second kappa shape index (κ2) is 21.9. The van der Waals surface area contributed by atoms with Crippen LogP contribution in [0.2, 0.25) is 0 Å². The van der Waals surface area contributed by atoms with Crippen molar-refractivity contribution in [1.29, 1.82) is 0 Å². The molecule has 0 aromatic carbocycles. The van der Waals surface area contributed by atoms with Crippen LogP contribution in [0.3, 0.4) is 0 Å². The molecule has 330 valence electrons. The maximum atomic E-state index is 12.7. The fourth-order valence-corrected chi connectivity index (χ4v) is 8.85. The van der Waals surface area contributed by atoms with E-state index in [0.717, 1.165) is 48.2 Å². The first-order chi connectivity index (χ1) is 26.9. The second-order valence-corrected chi connectivity index (χ2v) is 19.0. The van der Waals surface area contributed by atoms with Crippen molar-refractivity contribution in [3.05, 3.63) is 12.7 Å². The normalized spacial score (nSPS) is 21.9. The molecule has 8 atom stereocenters. The molecule has 0 bridgehead atoms. The molecule has 3 heterocycles. The standard InChI is InChI=1S/C29H50N7O18P3S/c1-4-5-6-7-17(37)12-20(39)58-11-10-31-19(38)8-9-32-27(42)24(41)29(2,3)14-51-57(48,49)54-56(46,47)50-13-18-23(53-55(43,44)45)22(40)28(52-18)36-16-35-21-25(30)33-15-34-26(21)36/h15-18,22-24,28,37,40-41H,4-14H2,1-3H3,(H,31,38)(H,32,42)(H,46,47)(H,48,49)(H2,30,33,34)(H2,43,44,45)/t17?,18-,22-,23-,24+,28-/m1/s1. The highest BCUT2D eigenvalue weighted by molar-refractivity contribution is 8.13. The molecule has 0 saturated carbocycles. The molecule has 3 rings (SSSR count). The van der Waals surface area contributed by atoms with Gasteiger partial charge in [0.1, 0.15) is 36.3 Å². The van der Waals surface area contributed by atoms with E-state index in [1.54, 1.807) is 0 Å². The molecular weight excluding hydrogens is 859 g/mol. The molecular formula is C29H50N7O18P3S. The molecule has 0 spiro atoms. The van der Waals surface area contributed by atoms with Crippen LogP contribution in [0.4, 0.5) is 5.82 Å². The fourth-order valence-electron chi connectivity index (χ4n) is 5.28. The topological polar surface area (TPSA) is 384 Å². The Bertz CT molecular complexity index is 1850. The molecule has 2 aromatic heterocycles. The summed E-state index contributed by atoms with van der Waals surface area (Å²) >= 11 is 0.978. The van der Waals surface area contributed by atoms with Crippen LogP contribution in [-0.2, 0) is 50.7 Å². The minimum Gasteiger partial charge on any atom is -0.393 e. The van der Waals surface area contributed by atoms with Crippen molar-refractivity contribution >= 4 is 69.1 Å². The number of ether oxygens (including phenoxy) is 1. The minimum absolute atomic E-state index is 0.0181. The Hall–Kier alpha value is -2.48. The first-order valence-corrected chi connectivity index (χ1v) is 23.2. The molecule has 11 N–H and O–H groups in total. The van der Waals surface area contributed by atoms with Gasteiger partial charge in [-0.05, 0) is 6.42 Å². The summed E-state index contributed by atoms with van der Waals surface area (Å²) < 4.78 is 62.1. The fraction of sp³-hybridized carbons (Fsp3) is 0.724. The van der Waals surface area contributed by atoms with Gasteiger partial charge in [-0.25, -0.2) is 28.6 Å². The van der Waals surface area contributed by atoms with E-state index in [2.05, 4.69) is 34.4 Å². The van der Waals surface area contributed by atoms with E-state index in [4.69, 9.17) is 19.5 Å². The number of anilines is 1. The van der Waals surface area contributed by atoms with Crippen molar-refractivity contribution in [2.45, 2.75) is 96.0 Å². The lowest BCUT2D eigenvalue weighted by molar-refractivity contribution is -0.137. The quantitative estimate of drug-likeness (QED) is 0.0463. The van der Waals surface area contributed by atoms with Crippen molar-refractivity contribution < 1.29 is 85.6 Å². The van der Waals surface area contributed by atoms with Crippen molar-refractivity contribution in [3.8, 4) is 0 Å². The third-order valence-corrected chi connectivity index (χ3v) is 12.3. The number of nitrogens with two attached hydrogens (primary N) is 1. The SMILES string of the molecule is CCCCCC(O)CC(=O)SCCNC(=O)CCNC(=O)[C@H](O)C(C)(C)COP(=O)(O)OP(=O)(O)OC[C@H]1O[C@@H](n2cnc3c(N)ncnc32)[C@H](O)[C@@H]1OP(=O)(O)O. The Labute approximate surface area is 336 Å². The van der Waals surface area contributed by atoms with E-state index in [-0.39, 0.29) is 53.8 Å². The zero-order valence-electron chi connectivity index (χ0n) is 31.6. The Balaban J connectivity index is 1.45. The van der Waals surface area contributed by atoms with Gasteiger partial charge >= 0.3 is 23.5 Å². The molecule has 58 heavy (non-hydrogen) atoms. The summed E-state index contributed by atoms with van der Waals surface area (Å²) in [4.78, 5) is 87.7. The summed E-state index contributed by atoms with van der Waals surface area (Å²) in [5, 5.41) is 36.1. The van der Waals surface area contributed by atoms with Gasteiger partial charge in [-0.1, -0.05) is 51.8 Å². The number of nitrogens with one attached hydrogen (secondary N) is 2. The first kappa shape index (κ1) is 49.9. The van der Waals surface area contributed by atoms with Crippen LogP contribution in [0.1, 0.15) is 65.5 Å². The molecule has 3 unspecified atom stereocenters. The molecule has 1 aliphatic rings. The van der Waals surface area contributed by atoms with Gasteiger partial charge in [-0.15, -0.1) is 0 Å². The molecule has 0 radical (unpaired) electrons. The molecule has 29 heteroatoms. The number of aliphatic hydroxyl groups is 3. The number of imidazole rings is 1. The average molecular weight is 910 g/mol. The van der Waals surface area contributed by atoms with Crippen LogP contribution in [0.15, 0.2) is 12.7 Å². The number of phosphoric ester groups is 3. The monoisotopic (exact) mass is 909 g/mol. The summed E-state index contributed by atoms with van der Waals surface area (Å²) in [6.45, 7) is 2.42. The number of fused-ring (bicyclic) bond motifs is 1. The molecule has 1 saturated heterocycles. The first-order valence-electron chi connectivity index (χ1n) is 17.7. The number of carbonyl (C=O) groups is 3. The van der Waals surface area contributed by atoms with Gasteiger partial charge in [-0.3, -0.25) is 32.5 Å². The minimum atomic E-state index is -5.58. The van der Waals surface area contributed by atoms with E-state index in [1.807, 2.05) is 6.92 Å². The van der Waals surface area contributed by atoms with Crippen molar-refractivity contribution in [3.63, 3.8) is 0 Å². The van der Waals surface area contributed by atoms with Crippen molar-refractivity contribution in [2.75, 3.05) is 37.8 Å². The Morgan fingerprint density at radius 1 is 1.03 bits per heavy atom. The maximum Gasteiger partial charge on any atom is 0.481 e. The van der Waals surface area contributed by atoms with E-state index in [0.29, 0.717) is 6.42 Å². The number of rotatable bonds is 25. The molecule has 25 nitrogen and oxygen atoms in total. The predicted molar refractivity (Wildman–Crippen MR) is 202 cm³/mol. The molecule has 1 aliphatic heterocycles. The summed E-state index contributed by atoms with van der Waals surface area (Å²) in [7, 11) is -16.4. The number of hydrogen-bond acceptors (Lipinski definition) is 19. The zero-order chi connectivity index (χ0) is 43.5. The highest BCUT2D eigenvalue weighted by atomic mass is 32.2. The zero-order valence-corrected chi connectivity index (χ0v) is 35.1. The highest BCUT2D eigenvalue weighted by Crippen LogP contribution is 2.61. The number of carbonyl (C=O) groups excluding carboxylic acids is 3. The number of aromatic nitrogens is 4. The largest absolute Gasteiger partial charge is 0.481 e. The lowest BCUT2D eigenvalue weighted by Gasteiger charge is -2.30. The Morgan fingerprint density at radius 3 is 2.40 bits per heavy atom. The van der Waals surface area contributed by atoms with Crippen LogP contribution >= 0.6 is 35.2 Å². The number of aliphatic hydroxyl groups excluding tert-OH is 3. The summed E-state index contributed by atoms with van der Waals surface area (Å²) in [6.07, 6.45) is -4.33. The van der Waals surface area contributed by atoms with Crippen LogP contribution in [0.25, 0.3) is 11.2 Å². The van der Waals surface area contributed by atoms with E-state index in [1.165, 1.54) is 13.8 Å². The predicted octanol–water partition coefficient (Wildman–Crippen LogP) is -0.00400. The molecule has 2 aromatic rings. The third kappa shape index (κ3) is 15.8. The number of nitrogen functional groups attached to an aromatic ring is 1. The summed E-state index contributed by atoms with van der Waals surface area (Å²) in [5.41, 5.74) is 4.24. The van der Waals surface area contributed by atoms with Crippen LogP contribution in [0, 0.1) is 5.41 Å². The van der Waals surface area contributed by atoms with E-state index >= 15 is 0 Å². The average Bonchev–Trinajstić information content (AvgIpc) is 3.68. The van der Waals surface area contributed by atoms with Gasteiger partial charge in [-0.2, -0.15) is 4.31 Å². The van der Waals surface area contributed by atoms with Gasteiger partial charge in [0.15, 0.2) is 22.8 Å². The van der Waals surface area contributed by atoms with Crippen LogP contribution in [-0.4, -0.2) is 134 Å². The number of thioether (sulfide) groups is 1. The highest BCUT2D eigenvalue weighted by Gasteiger charge is 2.50. The molecule has 2 amide bonds. The Kier molecular flexibility index (Phi) is 18.8. The number of amides is 2. The van der Waals surface area contributed by atoms with Crippen molar-refractivity contribution in [1.82, 2.24) is 30.2 Å². The number of phosphoric acid groups is 3. The van der Waals surface area contributed by atoms with Crippen LogP contribution in [0.5, 0.6) is 0 Å². The maximum absolute atomic E-state index is 12.7. The van der Waals surface area contributed by atoms with Gasteiger partial charge in [0, 0.05) is 37.1 Å². The smallest absolute Gasteiger partial charge is 0.393 e. The summed E-state index contributed by atoms with van der Waals surface area (Å²) in [6, 6.07) is 0. The third-order valence-electron chi connectivity index (χ3n) is 8.31. The van der Waals surface area contributed by atoms with Gasteiger partial charge < -0.3 is 56.0 Å². The Morgan fingerprint density at radius 2 is 1.72 bits per heavy atom. The van der Waals surface area contributed by atoms with Crippen molar-refractivity contribution in [2.24, 2.45) is 5.41 Å². The van der Waals surface area contributed by atoms with E-state index in [9.17, 15) is 63.0 Å². The second-order valence-electron chi connectivity index (χ2n) is 13.6. The lowest BCUT2D eigenvalue weighted by Crippen LogP contribution is -2.46. The lowest BCUT2D eigenvalue weighted by atomic mass is 9.87. The number of unbranched alkanes of at least 4 members (excludes halogenated alkanes) is 2. The number of nitrogens with zero attached hydrogens (tertiary/aromatic N) is 4. The molecule has 1 fully saturated rings. The summed E-state index contributed by atoms with van der Waals surface area (Å²) in [5.74, 6) is -1.23. The number of hydrogen-bond donors (Lipinski definition) is 10. The van der Waals surface area contributed by atoms with Gasteiger partial charge in [0.05, 0.1) is 25.6 Å².